The number of nitrogens with one attached hydrogen (secondary N) is 1. The van der Waals surface area contributed by atoms with E-state index in [2.05, 4.69) is 19.3 Å². The van der Waals surface area contributed by atoms with E-state index in [4.69, 9.17) is 0 Å². The molecule has 1 heteroatoms. The van der Waals surface area contributed by atoms with Gasteiger partial charge in [0.1, 0.15) is 0 Å². The van der Waals surface area contributed by atoms with Crippen LogP contribution < -0.4 is 5.32 Å². The van der Waals surface area contributed by atoms with Gasteiger partial charge in [-0.15, -0.1) is 0 Å². The lowest BCUT2D eigenvalue weighted by Crippen LogP contribution is -2.42. The molecule has 0 spiro atoms. The topological polar surface area (TPSA) is 12.0 Å². The SMILES string of the molecule is CCC1(NC)CCCCCCC1. The van der Waals surface area contributed by atoms with E-state index in [0.717, 1.165) is 0 Å². The summed E-state index contributed by atoms with van der Waals surface area (Å²) in [6, 6.07) is 0. The molecule has 0 radical (unpaired) electrons. The number of rotatable bonds is 2. The van der Waals surface area contributed by atoms with Crippen LogP contribution in [0.2, 0.25) is 0 Å². The summed E-state index contributed by atoms with van der Waals surface area (Å²) in [4.78, 5) is 0. The Morgan fingerprint density at radius 1 is 1.00 bits per heavy atom. The number of hydrogen-bond donors (Lipinski definition) is 1. The number of hydrogen-bond acceptors (Lipinski definition) is 1. The van der Waals surface area contributed by atoms with Gasteiger partial charge in [0, 0.05) is 5.54 Å². The van der Waals surface area contributed by atoms with Gasteiger partial charge in [-0.05, 0) is 26.3 Å². The summed E-state index contributed by atoms with van der Waals surface area (Å²) in [6.45, 7) is 2.32. The molecule has 1 aliphatic carbocycles. The van der Waals surface area contributed by atoms with E-state index in [1.54, 1.807) is 0 Å². The lowest BCUT2D eigenvalue weighted by atomic mass is 9.82. The monoisotopic (exact) mass is 169 g/mol. The third-order valence-corrected chi connectivity index (χ3v) is 3.52. The highest BCUT2D eigenvalue weighted by atomic mass is 14.9. The first kappa shape index (κ1) is 10.0. The maximum absolute atomic E-state index is 3.53. The molecule has 0 saturated heterocycles. The van der Waals surface area contributed by atoms with Gasteiger partial charge in [0.25, 0.3) is 0 Å². The summed E-state index contributed by atoms with van der Waals surface area (Å²) in [7, 11) is 2.13. The van der Waals surface area contributed by atoms with Crippen molar-refractivity contribution < 1.29 is 0 Å². The van der Waals surface area contributed by atoms with Crippen LogP contribution in [-0.4, -0.2) is 12.6 Å². The van der Waals surface area contributed by atoms with Gasteiger partial charge in [-0.25, -0.2) is 0 Å². The van der Waals surface area contributed by atoms with E-state index in [0.29, 0.717) is 5.54 Å². The Hall–Kier alpha value is -0.0400. The first-order valence-corrected chi connectivity index (χ1v) is 5.52. The smallest absolute Gasteiger partial charge is 0.0175 e. The fourth-order valence-corrected chi connectivity index (χ4v) is 2.36. The summed E-state index contributed by atoms with van der Waals surface area (Å²) in [5.74, 6) is 0. The van der Waals surface area contributed by atoms with Crippen LogP contribution in [0.4, 0.5) is 0 Å². The van der Waals surface area contributed by atoms with Crippen molar-refractivity contribution in [3.05, 3.63) is 0 Å². The third kappa shape index (κ3) is 2.48. The molecular weight excluding hydrogens is 146 g/mol. The molecule has 1 N–H and O–H groups in total. The third-order valence-electron chi connectivity index (χ3n) is 3.52. The maximum Gasteiger partial charge on any atom is 0.0175 e. The molecule has 0 unspecified atom stereocenters. The lowest BCUT2D eigenvalue weighted by molar-refractivity contribution is 0.257. The summed E-state index contributed by atoms with van der Waals surface area (Å²) in [5, 5.41) is 3.53. The van der Waals surface area contributed by atoms with E-state index < -0.39 is 0 Å². The van der Waals surface area contributed by atoms with E-state index in [9.17, 15) is 0 Å². The normalized spacial score (nSPS) is 24.5. The lowest BCUT2D eigenvalue weighted by Gasteiger charge is -2.34. The van der Waals surface area contributed by atoms with Crippen LogP contribution in [0.25, 0.3) is 0 Å². The largest absolute Gasteiger partial charge is 0.314 e. The molecule has 72 valence electrons. The fourth-order valence-electron chi connectivity index (χ4n) is 2.36. The molecule has 1 rings (SSSR count). The van der Waals surface area contributed by atoms with Gasteiger partial charge >= 0.3 is 0 Å². The Balaban J connectivity index is 2.45. The van der Waals surface area contributed by atoms with Gasteiger partial charge < -0.3 is 5.32 Å². The van der Waals surface area contributed by atoms with Gasteiger partial charge in [0.15, 0.2) is 0 Å². The van der Waals surface area contributed by atoms with E-state index in [1.807, 2.05) is 0 Å². The van der Waals surface area contributed by atoms with Crippen LogP contribution in [-0.2, 0) is 0 Å². The Labute approximate surface area is 76.9 Å². The molecule has 0 bridgehead atoms. The van der Waals surface area contributed by atoms with Crippen LogP contribution in [0.15, 0.2) is 0 Å². The van der Waals surface area contributed by atoms with Gasteiger partial charge in [-0.3, -0.25) is 0 Å². The molecule has 0 aliphatic heterocycles. The van der Waals surface area contributed by atoms with E-state index >= 15 is 0 Å². The molecule has 12 heavy (non-hydrogen) atoms. The molecule has 1 saturated carbocycles. The highest BCUT2D eigenvalue weighted by molar-refractivity contribution is 4.86. The first-order chi connectivity index (χ1) is 5.83. The summed E-state index contributed by atoms with van der Waals surface area (Å²) in [5.41, 5.74) is 0.487. The minimum atomic E-state index is 0.487. The average Bonchev–Trinajstić information content (AvgIpc) is 2.06. The first-order valence-electron chi connectivity index (χ1n) is 5.52. The standard InChI is InChI=1S/C11H23N/c1-3-11(12-2)9-7-5-4-6-8-10-11/h12H,3-10H2,1-2H3. The van der Waals surface area contributed by atoms with Crippen molar-refractivity contribution in [2.45, 2.75) is 63.8 Å². The molecule has 0 aromatic carbocycles. The predicted octanol–water partition coefficient (Wildman–Crippen LogP) is 3.10. The summed E-state index contributed by atoms with van der Waals surface area (Å²) >= 11 is 0. The van der Waals surface area contributed by atoms with Crippen molar-refractivity contribution in [3.8, 4) is 0 Å². The summed E-state index contributed by atoms with van der Waals surface area (Å²) < 4.78 is 0. The van der Waals surface area contributed by atoms with Crippen molar-refractivity contribution >= 4 is 0 Å². The second-order valence-electron chi connectivity index (χ2n) is 4.15. The second-order valence-corrected chi connectivity index (χ2v) is 4.15. The van der Waals surface area contributed by atoms with Gasteiger partial charge in [0.2, 0.25) is 0 Å². The minimum Gasteiger partial charge on any atom is -0.314 e. The van der Waals surface area contributed by atoms with Gasteiger partial charge in [-0.2, -0.15) is 0 Å². The van der Waals surface area contributed by atoms with E-state index in [-0.39, 0.29) is 0 Å². The van der Waals surface area contributed by atoms with Crippen molar-refractivity contribution in [1.29, 1.82) is 0 Å². The Bertz CT molecular complexity index is 106. The molecule has 0 atom stereocenters. The molecule has 0 aromatic heterocycles. The van der Waals surface area contributed by atoms with Crippen molar-refractivity contribution in [2.24, 2.45) is 0 Å². The zero-order valence-corrected chi connectivity index (χ0v) is 8.66. The quantitative estimate of drug-likeness (QED) is 0.670. The zero-order valence-electron chi connectivity index (χ0n) is 8.66. The molecule has 1 nitrogen and oxygen atoms in total. The molecule has 0 heterocycles. The Morgan fingerprint density at radius 2 is 1.50 bits per heavy atom. The van der Waals surface area contributed by atoms with Crippen LogP contribution >= 0.6 is 0 Å². The van der Waals surface area contributed by atoms with Crippen molar-refractivity contribution in [2.75, 3.05) is 7.05 Å². The average molecular weight is 169 g/mol. The van der Waals surface area contributed by atoms with Crippen LogP contribution in [0.1, 0.15) is 58.3 Å². The van der Waals surface area contributed by atoms with Gasteiger partial charge in [0.05, 0.1) is 0 Å². The van der Waals surface area contributed by atoms with Crippen LogP contribution in [0.3, 0.4) is 0 Å². The van der Waals surface area contributed by atoms with Crippen molar-refractivity contribution in [1.82, 2.24) is 5.32 Å². The van der Waals surface area contributed by atoms with Crippen molar-refractivity contribution in [3.63, 3.8) is 0 Å². The predicted molar refractivity (Wildman–Crippen MR) is 54.4 cm³/mol. The molecule has 0 amide bonds. The minimum absolute atomic E-state index is 0.487. The van der Waals surface area contributed by atoms with Crippen LogP contribution in [0, 0.1) is 0 Å². The molecule has 1 fully saturated rings. The van der Waals surface area contributed by atoms with Gasteiger partial charge in [-0.1, -0.05) is 39.0 Å². The molecule has 0 aromatic rings. The molecular formula is C11H23N. The zero-order chi connectivity index (χ0) is 8.86. The Kier molecular flexibility index (Phi) is 4.07. The highest BCUT2D eigenvalue weighted by Gasteiger charge is 2.25. The second kappa shape index (κ2) is 4.86. The van der Waals surface area contributed by atoms with Crippen LogP contribution in [0.5, 0.6) is 0 Å². The molecule has 1 aliphatic rings. The van der Waals surface area contributed by atoms with E-state index in [1.165, 1.54) is 51.4 Å². The summed E-state index contributed by atoms with van der Waals surface area (Å²) in [6.07, 6.45) is 11.3. The maximum atomic E-state index is 3.53. The highest BCUT2D eigenvalue weighted by Crippen LogP contribution is 2.28. The fraction of sp³-hybridized carbons (Fsp3) is 1.00. The Morgan fingerprint density at radius 3 is 1.92 bits per heavy atom.